The molecule has 2 aromatic rings. The summed E-state index contributed by atoms with van der Waals surface area (Å²) in [7, 11) is 0. The van der Waals surface area contributed by atoms with Gasteiger partial charge in [0.25, 0.3) is 0 Å². The molecule has 5 heteroatoms. The molecule has 1 aliphatic heterocycles. The summed E-state index contributed by atoms with van der Waals surface area (Å²) in [6, 6.07) is 5.51. The lowest BCUT2D eigenvalue weighted by molar-refractivity contribution is 0.219. The minimum Gasteiger partial charge on any atom is -0.490 e. The number of ether oxygens (including phenoxy) is 2. The Bertz CT molecular complexity index is 527. The zero-order valence-electron chi connectivity index (χ0n) is 9.70. The van der Waals surface area contributed by atoms with Crippen molar-refractivity contribution in [1.29, 1.82) is 0 Å². The SMILES string of the molecule is OC(c1ccc2c(c1)OCCCO2)c1nccs1. The second-order valence-corrected chi connectivity index (χ2v) is 4.96. The fourth-order valence-electron chi connectivity index (χ4n) is 1.86. The molecule has 0 saturated carbocycles. The molecule has 0 saturated heterocycles. The fourth-order valence-corrected chi connectivity index (χ4v) is 2.51. The first-order valence-corrected chi connectivity index (χ1v) is 6.69. The van der Waals surface area contributed by atoms with Crippen molar-refractivity contribution in [1.82, 2.24) is 4.98 Å². The Hall–Kier alpha value is -1.59. The molecule has 18 heavy (non-hydrogen) atoms. The first-order valence-electron chi connectivity index (χ1n) is 5.81. The van der Waals surface area contributed by atoms with Crippen molar-refractivity contribution in [3.8, 4) is 11.5 Å². The van der Waals surface area contributed by atoms with E-state index in [1.165, 1.54) is 11.3 Å². The molecule has 0 amide bonds. The number of nitrogens with zero attached hydrogens (tertiary/aromatic N) is 1. The standard InChI is InChI=1S/C13H13NO3S/c15-12(13-14-4-7-18-13)9-2-3-10-11(8-9)17-6-1-5-16-10/h2-4,7-8,12,15H,1,5-6H2. The highest BCUT2D eigenvalue weighted by molar-refractivity contribution is 7.09. The van der Waals surface area contributed by atoms with E-state index in [4.69, 9.17) is 9.47 Å². The Morgan fingerprint density at radius 3 is 2.83 bits per heavy atom. The average molecular weight is 263 g/mol. The molecule has 2 heterocycles. The molecule has 1 unspecified atom stereocenters. The zero-order valence-corrected chi connectivity index (χ0v) is 10.5. The van der Waals surface area contributed by atoms with Crippen LogP contribution in [0.15, 0.2) is 29.8 Å². The van der Waals surface area contributed by atoms with E-state index in [2.05, 4.69) is 4.98 Å². The molecule has 4 nitrogen and oxygen atoms in total. The first-order chi connectivity index (χ1) is 8.84. The maximum Gasteiger partial charge on any atom is 0.161 e. The van der Waals surface area contributed by atoms with E-state index < -0.39 is 6.10 Å². The van der Waals surface area contributed by atoms with Crippen molar-refractivity contribution < 1.29 is 14.6 Å². The van der Waals surface area contributed by atoms with Crippen LogP contribution in [0.3, 0.4) is 0 Å². The minimum atomic E-state index is -0.706. The monoisotopic (exact) mass is 263 g/mol. The van der Waals surface area contributed by atoms with Crippen molar-refractivity contribution in [3.05, 3.63) is 40.3 Å². The quantitative estimate of drug-likeness (QED) is 0.904. The topological polar surface area (TPSA) is 51.6 Å². The van der Waals surface area contributed by atoms with Crippen LogP contribution in [0.25, 0.3) is 0 Å². The predicted octanol–water partition coefficient (Wildman–Crippen LogP) is 2.39. The van der Waals surface area contributed by atoms with E-state index in [-0.39, 0.29) is 0 Å². The van der Waals surface area contributed by atoms with E-state index in [0.717, 1.165) is 17.7 Å². The number of fused-ring (bicyclic) bond motifs is 1. The van der Waals surface area contributed by atoms with Crippen LogP contribution in [-0.4, -0.2) is 23.3 Å². The molecule has 94 valence electrons. The van der Waals surface area contributed by atoms with Gasteiger partial charge >= 0.3 is 0 Å². The summed E-state index contributed by atoms with van der Waals surface area (Å²) in [5.41, 5.74) is 0.772. The summed E-state index contributed by atoms with van der Waals surface area (Å²) in [5.74, 6) is 1.43. The van der Waals surface area contributed by atoms with Gasteiger partial charge in [-0.3, -0.25) is 0 Å². The van der Waals surface area contributed by atoms with Crippen LogP contribution < -0.4 is 9.47 Å². The van der Waals surface area contributed by atoms with Crippen molar-refractivity contribution in [2.24, 2.45) is 0 Å². The normalized spacial score (nSPS) is 16.1. The van der Waals surface area contributed by atoms with Gasteiger partial charge in [-0.2, -0.15) is 0 Å². The summed E-state index contributed by atoms with van der Waals surface area (Å²) in [6.07, 6.45) is 1.85. The van der Waals surface area contributed by atoms with Crippen LogP contribution in [0, 0.1) is 0 Å². The number of thiazole rings is 1. The molecule has 3 rings (SSSR count). The van der Waals surface area contributed by atoms with Gasteiger partial charge in [0.1, 0.15) is 11.1 Å². The smallest absolute Gasteiger partial charge is 0.161 e. The molecule has 0 spiro atoms. The van der Waals surface area contributed by atoms with Gasteiger partial charge < -0.3 is 14.6 Å². The van der Waals surface area contributed by atoms with Crippen molar-refractivity contribution in [2.75, 3.05) is 13.2 Å². The van der Waals surface area contributed by atoms with E-state index >= 15 is 0 Å². The van der Waals surface area contributed by atoms with Crippen LogP contribution >= 0.6 is 11.3 Å². The van der Waals surface area contributed by atoms with Crippen LogP contribution in [0.2, 0.25) is 0 Å². The Morgan fingerprint density at radius 2 is 2.06 bits per heavy atom. The van der Waals surface area contributed by atoms with Crippen molar-refractivity contribution >= 4 is 11.3 Å². The van der Waals surface area contributed by atoms with Gasteiger partial charge in [-0.15, -0.1) is 11.3 Å². The first kappa shape index (κ1) is 11.5. The van der Waals surface area contributed by atoms with E-state index in [9.17, 15) is 5.11 Å². The largest absolute Gasteiger partial charge is 0.490 e. The van der Waals surface area contributed by atoms with Crippen molar-refractivity contribution in [3.63, 3.8) is 0 Å². The van der Waals surface area contributed by atoms with Gasteiger partial charge in [0, 0.05) is 18.0 Å². The average Bonchev–Trinajstić information content (AvgIpc) is 2.83. The third-order valence-electron chi connectivity index (χ3n) is 2.77. The summed E-state index contributed by atoms with van der Waals surface area (Å²) < 4.78 is 11.2. The highest BCUT2D eigenvalue weighted by Gasteiger charge is 2.17. The highest BCUT2D eigenvalue weighted by Crippen LogP contribution is 2.34. The van der Waals surface area contributed by atoms with Gasteiger partial charge in [-0.1, -0.05) is 6.07 Å². The van der Waals surface area contributed by atoms with Crippen molar-refractivity contribution in [2.45, 2.75) is 12.5 Å². The van der Waals surface area contributed by atoms with Gasteiger partial charge in [-0.25, -0.2) is 4.98 Å². The van der Waals surface area contributed by atoms with E-state index in [1.807, 2.05) is 23.6 Å². The fraction of sp³-hybridized carbons (Fsp3) is 0.308. The number of benzene rings is 1. The number of hydrogen-bond acceptors (Lipinski definition) is 5. The second-order valence-electron chi connectivity index (χ2n) is 4.03. The molecule has 1 aromatic heterocycles. The maximum absolute atomic E-state index is 10.2. The number of hydrogen-bond donors (Lipinski definition) is 1. The maximum atomic E-state index is 10.2. The molecule has 1 aromatic carbocycles. The number of rotatable bonds is 2. The molecule has 0 bridgehead atoms. The molecule has 0 radical (unpaired) electrons. The Morgan fingerprint density at radius 1 is 1.22 bits per heavy atom. The lowest BCUT2D eigenvalue weighted by Gasteiger charge is -2.12. The molecule has 0 fully saturated rings. The van der Waals surface area contributed by atoms with Gasteiger partial charge in [-0.05, 0) is 17.7 Å². The summed E-state index contributed by atoms with van der Waals surface area (Å²) in [4.78, 5) is 4.12. The third-order valence-corrected chi connectivity index (χ3v) is 3.60. The lowest BCUT2D eigenvalue weighted by Crippen LogP contribution is -2.00. The Labute approximate surface area is 109 Å². The van der Waals surface area contributed by atoms with Gasteiger partial charge in [0.2, 0.25) is 0 Å². The minimum absolute atomic E-state index is 0.643. The van der Waals surface area contributed by atoms with Crippen LogP contribution in [-0.2, 0) is 0 Å². The van der Waals surface area contributed by atoms with E-state index in [0.29, 0.717) is 24.0 Å². The zero-order chi connectivity index (χ0) is 12.4. The molecule has 0 aliphatic carbocycles. The molecule has 1 aliphatic rings. The molecular formula is C13H13NO3S. The Balaban J connectivity index is 1.92. The van der Waals surface area contributed by atoms with E-state index in [1.54, 1.807) is 6.20 Å². The second kappa shape index (κ2) is 4.96. The van der Waals surface area contributed by atoms with Gasteiger partial charge in [0.15, 0.2) is 11.5 Å². The molecular weight excluding hydrogens is 250 g/mol. The number of aliphatic hydroxyl groups is 1. The highest BCUT2D eigenvalue weighted by atomic mass is 32.1. The Kier molecular flexibility index (Phi) is 3.17. The summed E-state index contributed by atoms with van der Waals surface area (Å²) in [5, 5.41) is 12.7. The predicted molar refractivity (Wildman–Crippen MR) is 68.2 cm³/mol. The van der Waals surface area contributed by atoms with Crippen LogP contribution in [0.4, 0.5) is 0 Å². The van der Waals surface area contributed by atoms with Gasteiger partial charge in [0.05, 0.1) is 13.2 Å². The molecule has 1 N–H and O–H groups in total. The van der Waals surface area contributed by atoms with Crippen LogP contribution in [0.5, 0.6) is 11.5 Å². The summed E-state index contributed by atoms with van der Waals surface area (Å²) >= 11 is 1.43. The summed E-state index contributed by atoms with van der Waals surface area (Å²) in [6.45, 7) is 1.31. The molecule has 1 atom stereocenters. The van der Waals surface area contributed by atoms with Crippen LogP contribution in [0.1, 0.15) is 23.1 Å². The number of aliphatic hydroxyl groups excluding tert-OH is 1. The number of aromatic nitrogens is 1. The third kappa shape index (κ3) is 2.19. The lowest BCUT2D eigenvalue weighted by atomic mass is 10.1.